The van der Waals surface area contributed by atoms with Crippen molar-refractivity contribution in [1.82, 2.24) is 0 Å². The summed E-state index contributed by atoms with van der Waals surface area (Å²) >= 11 is 0. The Morgan fingerprint density at radius 2 is 1.55 bits per heavy atom. The van der Waals surface area contributed by atoms with Gasteiger partial charge in [0, 0.05) is 6.92 Å². The number of carbonyl (C=O) groups is 1. The molecule has 1 heterocycles. The van der Waals surface area contributed by atoms with Crippen molar-refractivity contribution in [2.75, 3.05) is 0 Å². The second-order valence-corrected chi connectivity index (χ2v) is 11.6. The lowest BCUT2D eigenvalue weighted by Gasteiger charge is -2.37. The number of esters is 1. The van der Waals surface area contributed by atoms with E-state index in [2.05, 4.69) is 41.5 Å². The summed E-state index contributed by atoms with van der Waals surface area (Å²) in [6.07, 6.45) is 13.9. The minimum atomic E-state index is -0.270. The largest absolute Gasteiger partial charge is 0.487 e. The third-order valence-electron chi connectivity index (χ3n) is 7.67. The zero-order valence-corrected chi connectivity index (χ0v) is 22.8. The van der Waals surface area contributed by atoms with Gasteiger partial charge in [0.25, 0.3) is 0 Å². The minimum Gasteiger partial charge on any atom is -0.487 e. The Kier molecular flexibility index (Phi) is 10.8. The third kappa shape index (κ3) is 8.98. The molecule has 1 aromatic carbocycles. The van der Waals surface area contributed by atoms with Crippen molar-refractivity contribution in [2.45, 2.75) is 132 Å². The van der Waals surface area contributed by atoms with E-state index >= 15 is 0 Å². The Morgan fingerprint density at radius 1 is 0.970 bits per heavy atom. The Labute approximate surface area is 204 Å². The van der Waals surface area contributed by atoms with Crippen molar-refractivity contribution in [3.63, 3.8) is 0 Å². The molecule has 0 unspecified atom stereocenters. The molecule has 0 radical (unpaired) electrons. The van der Waals surface area contributed by atoms with Crippen molar-refractivity contribution >= 4 is 5.97 Å². The molecule has 0 bridgehead atoms. The normalized spacial score (nSPS) is 19.7. The van der Waals surface area contributed by atoms with E-state index in [1.807, 2.05) is 13.0 Å². The highest BCUT2D eigenvalue weighted by molar-refractivity contribution is 5.70. The van der Waals surface area contributed by atoms with Gasteiger partial charge in [-0.15, -0.1) is 0 Å². The molecule has 3 nitrogen and oxygen atoms in total. The van der Waals surface area contributed by atoms with Gasteiger partial charge in [0.15, 0.2) is 0 Å². The summed E-state index contributed by atoms with van der Waals surface area (Å²) in [6.45, 7) is 17.3. The fraction of sp³-hybridized carbons (Fsp3) is 0.767. The summed E-state index contributed by atoms with van der Waals surface area (Å²) in [5.41, 5.74) is 3.17. The van der Waals surface area contributed by atoms with Gasteiger partial charge in [0.1, 0.15) is 17.1 Å². The van der Waals surface area contributed by atoms with Crippen molar-refractivity contribution in [3.05, 3.63) is 22.8 Å². The second kappa shape index (κ2) is 12.8. The molecule has 2 rings (SSSR count). The molecule has 0 saturated heterocycles. The highest BCUT2D eigenvalue weighted by atomic mass is 16.5. The average Bonchev–Trinajstić information content (AvgIpc) is 2.72. The number of benzene rings is 1. The van der Waals surface area contributed by atoms with Crippen LogP contribution in [0.4, 0.5) is 0 Å². The van der Waals surface area contributed by atoms with Crippen molar-refractivity contribution in [2.24, 2.45) is 17.8 Å². The average molecular weight is 459 g/mol. The van der Waals surface area contributed by atoms with Crippen LogP contribution in [0.1, 0.15) is 122 Å². The minimum absolute atomic E-state index is 0.0994. The molecule has 1 aromatic rings. The first-order valence-corrected chi connectivity index (χ1v) is 13.5. The molecule has 3 atom stereocenters. The summed E-state index contributed by atoms with van der Waals surface area (Å²) in [5.74, 6) is 3.92. The first-order chi connectivity index (χ1) is 15.5. The lowest BCUT2D eigenvalue weighted by atomic mass is 9.85. The molecule has 1 aliphatic rings. The first kappa shape index (κ1) is 27.7. The summed E-state index contributed by atoms with van der Waals surface area (Å²) in [7, 11) is 0. The SMILES string of the molecule is CC(=O)Oc1cc2c(c(C)c1C)O[C@@](C)(CCC[C@H](C)CCC[C@H](C)CCCC(C)C)CC2. The molecule has 0 amide bonds. The fourth-order valence-electron chi connectivity index (χ4n) is 5.19. The number of rotatable bonds is 13. The maximum Gasteiger partial charge on any atom is 0.308 e. The highest BCUT2D eigenvalue weighted by Crippen LogP contribution is 2.42. The van der Waals surface area contributed by atoms with E-state index in [9.17, 15) is 4.79 Å². The summed E-state index contributed by atoms with van der Waals surface area (Å²) in [4.78, 5) is 11.4. The molecule has 3 heteroatoms. The molecular formula is C30H50O3. The smallest absolute Gasteiger partial charge is 0.308 e. The van der Waals surface area contributed by atoms with E-state index in [-0.39, 0.29) is 11.6 Å². The second-order valence-electron chi connectivity index (χ2n) is 11.6. The van der Waals surface area contributed by atoms with Crippen LogP contribution in [0.3, 0.4) is 0 Å². The third-order valence-corrected chi connectivity index (χ3v) is 7.67. The van der Waals surface area contributed by atoms with Crippen molar-refractivity contribution in [3.8, 4) is 11.5 Å². The number of aryl methyl sites for hydroxylation is 1. The molecule has 0 fully saturated rings. The Morgan fingerprint density at radius 3 is 2.12 bits per heavy atom. The summed E-state index contributed by atoms with van der Waals surface area (Å²) in [5, 5.41) is 0. The van der Waals surface area contributed by atoms with Crippen LogP contribution >= 0.6 is 0 Å². The molecule has 33 heavy (non-hydrogen) atoms. The number of hydrogen-bond acceptors (Lipinski definition) is 3. The topological polar surface area (TPSA) is 35.5 Å². The fourth-order valence-corrected chi connectivity index (χ4v) is 5.19. The predicted molar refractivity (Wildman–Crippen MR) is 139 cm³/mol. The molecule has 0 saturated carbocycles. The van der Waals surface area contributed by atoms with E-state index in [0.717, 1.165) is 53.9 Å². The monoisotopic (exact) mass is 458 g/mol. The van der Waals surface area contributed by atoms with Crippen LogP contribution < -0.4 is 9.47 Å². The van der Waals surface area contributed by atoms with E-state index in [4.69, 9.17) is 9.47 Å². The highest BCUT2D eigenvalue weighted by Gasteiger charge is 2.33. The molecular weight excluding hydrogens is 408 g/mol. The van der Waals surface area contributed by atoms with Gasteiger partial charge in [-0.25, -0.2) is 0 Å². The zero-order chi connectivity index (χ0) is 24.6. The van der Waals surface area contributed by atoms with Gasteiger partial charge in [-0.05, 0) is 87.0 Å². The van der Waals surface area contributed by atoms with Crippen LogP contribution in [0, 0.1) is 31.6 Å². The van der Waals surface area contributed by atoms with Gasteiger partial charge in [0.05, 0.1) is 0 Å². The summed E-state index contributed by atoms with van der Waals surface area (Å²) < 4.78 is 12.0. The maximum atomic E-state index is 11.4. The van der Waals surface area contributed by atoms with E-state index in [1.165, 1.54) is 63.9 Å². The maximum absolute atomic E-state index is 11.4. The number of ether oxygens (including phenoxy) is 2. The number of fused-ring (bicyclic) bond motifs is 1. The summed E-state index contributed by atoms with van der Waals surface area (Å²) in [6, 6.07) is 2.00. The quantitative estimate of drug-likeness (QED) is 0.219. The lowest BCUT2D eigenvalue weighted by molar-refractivity contribution is -0.131. The molecule has 0 N–H and O–H groups in total. The van der Waals surface area contributed by atoms with Gasteiger partial charge in [-0.3, -0.25) is 4.79 Å². The van der Waals surface area contributed by atoms with Crippen LogP contribution in [0.25, 0.3) is 0 Å². The van der Waals surface area contributed by atoms with Crippen LogP contribution in [-0.4, -0.2) is 11.6 Å². The van der Waals surface area contributed by atoms with Gasteiger partial charge in [-0.2, -0.15) is 0 Å². The van der Waals surface area contributed by atoms with E-state index in [1.54, 1.807) is 0 Å². The van der Waals surface area contributed by atoms with Crippen LogP contribution in [0.5, 0.6) is 11.5 Å². The lowest BCUT2D eigenvalue weighted by Crippen LogP contribution is -2.36. The van der Waals surface area contributed by atoms with Gasteiger partial charge >= 0.3 is 5.97 Å². The van der Waals surface area contributed by atoms with Gasteiger partial charge < -0.3 is 9.47 Å². The number of carbonyl (C=O) groups excluding carboxylic acids is 1. The number of hydrogen-bond donors (Lipinski definition) is 0. The Balaban J connectivity index is 1.77. The van der Waals surface area contributed by atoms with Crippen LogP contribution in [0.2, 0.25) is 0 Å². The molecule has 0 spiro atoms. The molecule has 0 aromatic heterocycles. The van der Waals surface area contributed by atoms with E-state index in [0.29, 0.717) is 5.75 Å². The first-order valence-electron chi connectivity index (χ1n) is 13.5. The van der Waals surface area contributed by atoms with Crippen molar-refractivity contribution in [1.29, 1.82) is 0 Å². The molecule has 1 aliphatic heterocycles. The van der Waals surface area contributed by atoms with Crippen molar-refractivity contribution < 1.29 is 14.3 Å². The molecule has 188 valence electrons. The molecule has 0 aliphatic carbocycles. The Hall–Kier alpha value is -1.51. The van der Waals surface area contributed by atoms with Crippen LogP contribution in [-0.2, 0) is 11.2 Å². The van der Waals surface area contributed by atoms with Gasteiger partial charge in [-0.1, -0.05) is 72.6 Å². The standard InChI is InChI=1S/C30H50O3/c1-21(2)12-9-13-22(3)14-10-15-23(4)16-11-18-30(8)19-17-27-20-28(32-26(7)31)24(5)25(6)29(27)33-30/h20-23H,9-19H2,1-8H3/t22-,23-,30+/m1/s1. The van der Waals surface area contributed by atoms with Crippen LogP contribution in [0.15, 0.2) is 6.07 Å². The zero-order valence-electron chi connectivity index (χ0n) is 22.8. The van der Waals surface area contributed by atoms with Gasteiger partial charge in [0.2, 0.25) is 0 Å². The Bertz CT molecular complexity index is 766. The predicted octanol–water partition coefficient (Wildman–Crippen LogP) is 8.75. The van der Waals surface area contributed by atoms with E-state index < -0.39 is 0 Å².